The topological polar surface area (TPSA) is 32.3 Å². The molecule has 0 aliphatic carbocycles. The summed E-state index contributed by atoms with van der Waals surface area (Å²) in [6.07, 6.45) is 4.16. The molecule has 1 heterocycles. The van der Waals surface area contributed by atoms with Gasteiger partial charge in [0.05, 0.1) is 6.54 Å². The van der Waals surface area contributed by atoms with Crippen LogP contribution in [0.2, 0.25) is 0 Å². The van der Waals surface area contributed by atoms with E-state index in [1.807, 2.05) is 0 Å². The molecule has 3 heteroatoms. The number of hydrogen-bond acceptors (Lipinski definition) is 2. The number of likely N-dealkylation sites (tertiary alicyclic amines) is 1. The van der Waals surface area contributed by atoms with Gasteiger partial charge in [0.25, 0.3) is 0 Å². The molecule has 0 aromatic carbocycles. The van der Waals surface area contributed by atoms with Crippen LogP contribution < -0.4 is 5.32 Å². The van der Waals surface area contributed by atoms with E-state index < -0.39 is 0 Å². The predicted octanol–water partition coefficient (Wildman–Crippen LogP) is 0.384. The summed E-state index contributed by atoms with van der Waals surface area (Å²) in [7, 11) is 0. The minimum Gasteiger partial charge on any atom is -0.352 e. The van der Waals surface area contributed by atoms with Gasteiger partial charge in [-0.2, -0.15) is 0 Å². The molecule has 0 saturated carbocycles. The Morgan fingerprint density at radius 1 is 1.50 bits per heavy atom. The Kier molecular flexibility index (Phi) is 3.80. The molecule has 68 valence electrons. The Labute approximate surface area is 73.4 Å². The zero-order valence-corrected chi connectivity index (χ0v) is 7.38. The van der Waals surface area contributed by atoms with Gasteiger partial charge in [0.1, 0.15) is 0 Å². The fraction of sp³-hybridized carbons (Fsp3) is 0.667. The Morgan fingerprint density at radius 3 is 2.75 bits per heavy atom. The standard InChI is InChI=1S/C9H16N2O/c1-2-5-10-9(12)8-11-6-3-4-7-11/h2H,1,3-8H2,(H,10,12). The highest BCUT2D eigenvalue weighted by atomic mass is 16.2. The van der Waals surface area contributed by atoms with E-state index in [1.165, 1.54) is 12.8 Å². The first-order valence-corrected chi connectivity index (χ1v) is 4.43. The van der Waals surface area contributed by atoms with Gasteiger partial charge in [-0.15, -0.1) is 6.58 Å². The average molecular weight is 168 g/mol. The molecule has 0 radical (unpaired) electrons. The molecule has 1 aliphatic heterocycles. The summed E-state index contributed by atoms with van der Waals surface area (Å²) in [6.45, 7) is 6.80. The minimum absolute atomic E-state index is 0.108. The maximum absolute atomic E-state index is 11.2. The van der Waals surface area contributed by atoms with Crippen molar-refractivity contribution in [2.45, 2.75) is 12.8 Å². The summed E-state index contributed by atoms with van der Waals surface area (Å²) in [4.78, 5) is 13.3. The zero-order valence-electron chi connectivity index (χ0n) is 7.38. The Hall–Kier alpha value is -0.830. The highest BCUT2D eigenvalue weighted by Crippen LogP contribution is 2.05. The van der Waals surface area contributed by atoms with E-state index in [2.05, 4.69) is 16.8 Å². The number of amides is 1. The van der Waals surface area contributed by atoms with Crippen molar-refractivity contribution in [3.63, 3.8) is 0 Å². The number of carbonyl (C=O) groups excluding carboxylic acids is 1. The lowest BCUT2D eigenvalue weighted by molar-refractivity contribution is -0.121. The number of nitrogens with zero attached hydrogens (tertiary/aromatic N) is 1. The quantitative estimate of drug-likeness (QED) is 0.616. The third-order valence-corrected chi connectivity index (χ3v) is 2.01. The third-order valence-electron chi connectivity index (χ3n) is 2.01. The van der Waals surface area contributed by atoms with Crippen LogP contribution in [0.4, 0.5) is 0 Å². The summed E-state index contributed by atoms with van der Waals surface area (Å²) in [5.74, 6) is 0.108. The van der Waals surface area contributed by atoms with Crippen molar-refractivity contribution in [3.8, 4) is 0 Å². The maximum atomic E-state index is 11.2. The highest BCUT2D eigenvalue weighted by molar-refractivity contribution is 5.78. The van der Waals surface area contributed by atoms with Gasteiger partial charge in [-0.1, -0.05) is 6.08 Å². The van der Waals surface area contributed by atoms with Gasteiger partial charge in [-0.3, -0.25) is 9.69 Å². The molecule has 0 aromatic heterocycles. The molecule has 0 aromatic rings. The van der Waals surface area contributed by atoms with Crippen LogP contribution in [0.1, 0.15) is 12.8 Å². The fourth-order valence-electron chi connectivity index (χ4n) is 1.39. The first kappa shape index (κ1) is 9.26. The molecule has 0 atom stereocenters. The van der Waals surface area contributed by atoms with Crippen LogP contribution in [0.5, 0.6) is 0 Å². The van der Waals surface area contributed by atoms with Gasteiger partial charge in [0.15, 0.2) is 0 Å². The third kappa shape index (κ3) is 3.05. The molecule has 1 fully saturated rings. The van der Waals surface area contributed by atoms with Crippen LogP contribution >= 0.6 is 0 Å². The second-order valence-electron chi connectivity index (χ2n) is 3.08. The van der Waals surface area contributed by atoms with E-state index in [1.54, 1.807) is 6.08 Å². The van der Waals surface area contributed by atoms with E-state index in [0.29, 0.717) is 13.1 Å². The Balaban J connectivity index is 2.11. The van der Waals surface area contributed by atoms with Crippen LogP contribution in [0.25, 0.3) is 0 Å². The lowest BCUT2D eigenvalue weighted by Gasteiger charge is -2.13. The number of rotatable bonds is 4. The second kappa shape index (κ2) is 4.93. The van der Waals surface area contributed by atoms with Gasteiger partial charge in [0.2, 0.25) is 5.91 Å². The molecule has 3 nitrogen and oxygen atoms in total. The minimum atomic E-state index is 0.108. The molecule has 12 heavy (non-hydrogen) atoms. The average Bonchev–Trinajstić information content (AvgIpc) is 2.53. The van der Waals surface area contributed by atoms with Crippen molar-refractivity contribution in [1.82, 2.24) is 10.2 Å². The maximum Gasteiger partial charge on any atom is 0.234 e. The summed E-state index contributed by atoms with van der Waals surface area (Å²) in [5, 5.41) is 2.76. The van der Waals surface area contributed by atoms with Crippen LogP contribution in [0, 0.1) is 0 Å². The van der Waals surface area contributed by atoms with Crippen molar-refractivity contribution in [1.29, 1.82) is 0 Å². The van der Waals surface area contributed by atoms with Gasteiger partial charge in [-0.25, -0.2) is 0 Å². The van der Waals surface area contributed by atoms with Crippen LogP contribution in [0.3, 0.4) is 0 Å². The molecule has 1 rings (SSSR count). The first-order valence-electron chi connectivity index (χ1n) is 4.43. The van der Waals surface area contributed by atoms with Crippen molar-refractivity contribution in [3.05, 3.63) is 12.7 Å². The van der Waals surface area contributed by atoms with Gasteiger partial charge in [0, 0.05) is 6.54 Å². The molecule has 1 aliphatic rings. The van der Waals surface area contributed by atoms with E-state index in [9.17, 15) is 4.79 Å². The van der Waals surface area contributed by atoms with Crippen molar-refractivity contribution < 1.29 is 4.79 Å². The van der Waals surface area contributed by atoms with Crippen molar-refractivity contribution >= 4 is 5.91 Å². The molecule has 1 N–H and O–H groups in total. The summed E-state index contributed by atoms with van der Waals surface area (Å²) in [6, 6.07) is 0. The number of hydrogen-bond donors (Lipinski definition) is 1. The van der Waals surface area contributed by atoms with E-state index >= 15 is 0 Å². The summed E-state index contributed by atoms with van der Waals surface area (Å²) >= 11 is 0. The first-order chi connectivity index (χ1) is 5.83. The molecule has 1 amide bonds. The number of nitrogens with one attached hydrogen (secondary N) is 1. The molecule has 1 saturated heterocycles. The monoisotopic (exact) mass is 168 g/mol. The van der Waals surface area contributed by atoms with E-state index in [0.717, 1.165) is 13.1 Å². The second-order valence-corrected chi connectivity index (χ2v) is 3.08. The molecule has 0 bridgehead atoms. The largest absolute Gasteiger partial charge is 0.352 e. The fourth-order valence-corrected chi connectivity index (χ4v) is 1.39. The summed E-state index contributed by atoms with van der Waals surface area (Å²) < 4.78 is 0. The lowest BCUT2D eigenvalue weighted by atomic mass is 10.4. The van der Waals surface area contributed by atoms with E-state index in [4.69, 9.17) is 0 Å². The SMILES string of the molecule is C=CCNC(=O)CN1CCCC1. The zero-order chi connectivity index (χ0) is 8.81. The van der Waals surface area contributed by atoms with Crippen LogP contribution in [0.15, 0.2) is 12.7 Å². The highest BCUT2D eigenvalue weighted by Gasteiger charge is 2.13. The normalized spacial score (nSPS) is 17.7. The van der Waals surface area contributed by atoms with Crippen molar-refractivity contribution in [2.75, 3.05) is 26.2 Å². The van der Waals surface area contributed by atoms with Gasteiger partial charge >= 0.3 is 0 Å². The molecular formula is C9H16N2O. The van der Waals surface area contributed by atoms with Gasteiger partial charge < -0.3 is 5.32 Å². The van der Waals surface area contributed by atoms with Gasteiger partial charge in [-0.05, 0) is 25.9 Å². The van der Waals surface area contributed by atoms with E-state index in [-0.39, 0.29) is 5.91 Å². The number of carbonyl (C=O) groups is 1. The Morgan fingerprint density at radius 2 is 2.17 bits per heavy atom. The van der Waals surface area contributed by atoms with Crippen LogP contribution in [-0.2, 0) is 4.79 Å². The smallest absolute Gasteiger partial charge is 0.234 e. The lowest BCUT2D eigenvalue weighted by Crippen LogP contribution is -2.35. The molecule has 0 spiro atoms. The van der Waals surface area contributed by atoms with Crippen LogP contribution in [-0.4, -0.2) is 37.0 Å². The predicted molar refractivity (Wildman–Crippen MR) is 48.9 cm³/mol. The van der Waals surface area contributed by atoms with Crippen molar-refractivity contribution in [2.24, 2.45) is 0 Å². The Bertz CT molecular complexity index is 162. The molecule has 0 unspecified atom stereocenters. The molecular weight excluding hydrogens is 152 g/mol. The summed E-state index contributed by atoms with van der Waals surface area (Å²) in [5.41, 5.74) is 0.